The van der Waals surface area contributed by atoms with Crippen LogP contribution in [0.15, 0.2) is 60.7 Å². The molecule has 38 heavy (non-hydrogen) atoms. The summed E-state index contributed by atoms with van der Waals surface area (Å²) < 4.78 is 11.6. The van der Waals surface area contributed by atoms with E-state index in [1.54, 1.807) is 24.3 Å². The molecule has 0 aliphatic carbocycles. The SMILES string of the molecule is COC(=O)c1nnn(Cc2ccccc2)c1C(=O)OC.O=C(O)c1nnn(Cc2ccccc2)c1C(=O)O. The molecule has 4 rings (SSSR count). The van der Waals surface area contributed by atoms with Crippen molar-refractivity contribution in [1.29, 1.82) is 0 Å². The van der Waals surface area contributed by atoms with Gasteiger partial charge >= 0.3 is 23.9 Å². The van der Waals surface area contributed by atoms with Crippen LogP contribution in [0.3, 0.4) is 0 Å². The van der Waals surface area contributed by atoms with E-state index in [1.165, 1.54) is 18.9 Å². The van der Waals surface area contributed by atoms with E-state index in [0.717, 1.165) is 15.8 Å². The minimum absolute atomic E-state index is 0.0248. The molecule has 0 radical (unpaired) electrons. The Balaban J connectivity index is 0.000000212. The van der Waals surface area contributed by atoms with Gasteiger partial charge in [-0.25, -0.2) is 28.5 Å². The molecule has 2 heterocycles. The molecule has 0 spiro atoms. The highest BCUT2D eigenvalue weighted by Crippen LogP contribution is 2.12. The van der Waals surface area contributed by atoms with Crippen LogP contribution < -0.4 is 0 Å². The summed E-state index contributed by atoms with van der Waals surface area (Å²) in [6.07, 6.45) is 0. The van der Waals surface area contributed by atoms with E-state index in [-0.39, 0.29) is 17.9 Å². The van der Waals surface area contributed by atoms with Gasteiger partial charge in [-0.15, -0.1) is 10.2 Å². The third-order valence-corrected chi connectivity index (χ3v) is 4.98. The van der Waals surface area contributed by atoms with Crippen molar-refractivity contribution in [3.05, 3.63) is 94.6 Å². The molecule has 4 aromatic rings. The lowest BCUT2D eigenvalue weighted by Gasteiger charge is -2.05. The molecular weight excluding hydrogens is 500 g/mol. The van der Waals surface area contributed by atoms with Crippen molar-refractivity contribution in [1.82, 2.24) is 30.0 Å². The fraction of sp³-hybridized carbons (Fsp3) is 0.167. The molecule has 0 unspecified atom stereocenters. The zero-order chi connectivity index (χ0) is 27.7. The number of methoxy groups -OCH3 is 2. The van der Waals surface area contributed by atoms with E-state index in [1.807, 2.05) is 36.4 Å². The largest absolute Gasteiger partial charge is 0.476 e. The van der Waals surface area contributed by atoms with Gasteiger partial charge in [0.25, 0.3) is 0 Å². The lowest BCUT2D eigenvalue weighted by atomic mass is 10.2. The molecule has 196 valence electrons. The number of hydrogen-bond acceptors (Lipinski definition) is 10. The van der Waals surface area contributed by atoms with Crippen LogP contribution in [0, 0.1) is 0 Å². The average Bonchev–Trinajstić information content (AvgIpc) is 3.54. The molecule has 0 atom stereocenters. The first-order chi connectivity index (χ1) is 18.3. The molecule has 2 aromatic carbocycles. The Kier molecular flexibility index (Phi) is 8.96. The summed E-state index contributed by atoms with van der Waals surface area (Å²) in [5, 5.41) is 32.2. The van der Waals surface area contributed by atoms with Gasteiger partial charge in [0.2, 0.25) is 11.4 Å². The molecule has 2 aromatic heterocycles. The maximum Gasteiger partial charge on any atom is 0.361 e. The number of rotatable bonds is 8. The molecule has 0 fully saturated rings. The fourth-order valence-corrected chi connectivity index (χ4v) is 3.25. The standard InChI is InChI=1S/C13H13N3O4.C11H9N3O4/c1-19-12(17)10-11(13(18)20-2)16(15-14-10)8-9-6-4-3-5-7-9;15-10(16)8-9(11(17)18)14(13-12-8)6-7-4-2-1-3-5-7/h3-7H,8H2,1-2H3;1-5H,6H2,(H,15,16)(H,17,18). The second kappa shape index (κ2) is 12.5. The lowest BCUT2D eigenvalue weighted by Crippen LogP contribution is -2.17. The summed E-state index contributed by atoms with van der Waals surface area (Å²) in [5.74, 6) is -4.20. The Morgan fingerprint density at radius 1 is 0.658 bits per heavy atom. The van der Waals surface area contributed by atoms with Crippen molar-refractivity contribution in [2.75, 3.05) is 14.2 Å². The number of carboxylic acid groups (broad SMARTS) is 2. The minimum Gasteiger partial charge on any atom is -0.476 e. The molecule has 0 amide bonds. The zero-order valence-corrected chi connectivity index (χ0v) is 20.2. The smallest absolute Gasteiger partial charge is 0.361 e. The van der Waals surface area contributed by atoms with Crippen LogP contribution >= 0.6 is 0 Å². The number of aromatic carboxylic acids is 2. The van der Waals surface area contributed by atoms with Crippen LogP contribution in [-0.2, 0) is 22.6 Å². The Bertz CT molecular complexity index is 1430. The van der Waals surface area contributed by atoms with Crippen LogP contribution in [0.1, 0.15) is 53.1 Å². The molecule has 2 N–H and O–H groups in total. The summed E-state index contributed by atoms with van der Waals surface area (Å²) in [7, 11) is 2.43. The number of benzene rings is 2. The first-order valence-electron chi connectivity index (χ1n) is 10.8. The molecule has 0 saturated carbocycles. The van der Waals surface area contributed by atoms with Gasteiger partial charge in [-0.2, -0.15) is 0 Å². The molecule has 14 nitrogen and oxygen atoms in total. The first-order valence-corrected chi connectivity index (χ1v) is 10.8. The Morgan fingerprint density at radius 3 is 1.53 bits per heavy atom. The van der Waals surface area contributed by atoms with E-state index in [0.29, 0.717) is 6.54 Å². The van der Waals surface area contributed by atoms with Crippen molar-refractivity contribution in [3.8, 4) is 0 Å². The topological polar surface area (TPSA) is 189 Å². The second-order valence-electron chi connectivity index (χ2n) is 7.45. The number of esters is 2. The molecular formula is C24H22N6O8. The lowest BCUT2D eigenvalue weighted by molar-refractivity contribution is 0.0544. The molecule has 0 aliphatic rings. The van der Waals surface area contributed by atoms with Crippen LogP contribution in [0.25, 0.3) is 0 Å². The van der Waals surface area contributed by atoms with Gasteiger partial charge in [0, 0.05) is 0 Å². The summed E-state index contributed by atoms with van der Waals surface area (Å²) in [4.78, 5) is 45.2. The third-order valence-electron chi connectivity index (χ3n) is 4.98. The van der Waals surface area contributed by atoms with Gasteiger partial charge in [-0.1, -0.05) is 71.1 Å². The summed E-state index contributed by atoms with van der Waals surface area (Å²) >= 11 is 0. The molecule has 0 aliphatic heterocycles. The van der Waals surface area contributed by atoms with Gasteiger partial charge in [0.15, 0.2) is 11.4 Å². The van der Waals surface area contributed by atoms with E-state index < -0.39 is 35.3 Å². The molecule has 14 heteroatoms. The van der Waals surface area contributed by atoms with Crippen molar-refractivity contribution in [2.24, 2.45) is 0 Å². The number of aromatic nitrogens is 6. The van der Waals surface area contributed by atoms with Gasteiger partial charge in [-0.05, 0) is 11.1 Å². The molecule has 0 saturated heterocycles. The normalized spacial score (nSPS) is 10.2. The van der Waals surface area contributed by atoms with E-state index in [4.69, 9.17) is 10.2 Å². The highest BCUT2D eigenvalue weighted by atomic mass is 16.5. The second-order valence-corrected chi connectivity index (χ2v) is 7.45. The maximum atomic E-state index is 11.8. The summed E-state index contributed by atoms with van der Waals surface area (Å²) in [6.45, 7) is 0.456. The van der Waals surface area contributed by atoms with E-state index in [2.05, 4.69) is 30.1 Å². The Morgan fingerprint density at radius 2 is 1.11 bits per heavy atom. The Labute approximate surface area is 215 Å². The van der Waals surface area contributed by atoms with Crippen LogP contribution in [-0.4, -0.2) is 78.3 Å². The maximum absolute atomic E-state index is 11.8. The fourth-order valence-electron chi connectivity index (χ4n) is 3.25. The predicted molar refractivity (Wildman–Crippen MR) is 128 cm³/mol. The number of hydrogen-bond donors (Lipinski definition) is 2. The number of carbonyl (C=O) groups excluding carboxylic acids is 2. The number of carboxylic acids is 2. The van der Waals surface area contributed by atoms with E-state index >= 15 is 0 Å². The third kappa shape index (κ3) is 6.42. The van der Waals surface area contributed by atoms with Crippen molar-refractivity contribution in [2.45, 2.75) is 13.1 Å². The van der Waals surface area contributed by atoms with E-state index in [9.17, 15) is 19.2 Å². The van der Waals surface area contributed by atoms with Crippen molar-refractivity contribution in [3.63, 3.8) is 0 Å². The van der Waals surface area contributed by atoms with Gasteiger partial charge < -0.3 is 19.7 Å². The zero-order valence-electron chi connectivity index (χ0n) is 20.2. The van der Waals surface area contributed by atoms with Gasteiger partial charge in [0.05, 0.1) is 27.3 Å². The predicted octanol–water partition coefficient (Wildman–Crippen LogP) is 1.62. The monoisotopic (exact) mass is 522 g/mol. The highest BCUT2D eigenvalue weighted by Gasteiger charge is 2.27. The van der Waals surface area contributed by atoms with Crippen molar-refractivity contribution < 1.29 is 38.9 Å². The number of nitrogens with zero attached hydrogens (tertiary/aromatic N) is 6. The number of carbonyl (C=O) groups is 4. The highest BCUT2D eigenvalue weighted by molar-refractivity contribution is 6.00. The first kappa shape index (κ1) is 27.2. The van der Waals surface area contributed by atoms with Gasteiger partial charge in [-0.3, -0.25) is 0 Å². The number of ether oxygens (including phenoxy) is 2. The van der Waals surface area contributed by atoms with Crippen LogP contribution in [0.4, 0.5) is 0 Å². The minimum atomic E-state index is -1.41. The quantitative estimate of drug-likeness (QED) is 0.319. The summed E-state index contributed by atoms with van der Waals surface area (Å²) in [5.41, 5.74) is 0.559. The van der Waals surface area contributed by atoms with Crippen molar-refractivity contribution >= 4 is 23.9 Å². The average molecular weight is 522 g/mol. The van der Waals surface area contributed by atoms with Gasteiger partial charge in [0.1, 0.15) is 0 Å². The Hall–Kier alpha value is -5.40. The summed E-state index contributed by atoms with van der Waals surface area (Å²) in [6, 6.07) is 18.4. The van der Waals surface area contributed by atoms with Crippen LogP contribution in [0.2, 0.25) is 0 Å². The van der Waals surface area contributed by atoms with Crippen LogP contribution in [0.5, 0.6) is 0 Å². The molecule has 0 bridgehead atoms.